The molecule has 0 amide bonds. The first-order valence-corrected chi connectivity index (χ1v) is 6.96. The molecule has 1 aromatic rings. The Balaban J connectivity index is 1.89. The Morgan fingerprint density at radius 1 is 1.30 bits per heavy atom. The molecule has 2 rings (SSSR count). The monoisotopic (exact) mass is 278 g/mol. The lowest BCUT2D eigenvalue weighted by Gasteiger charge is -2.32. The minimum Gasteiger partial charge on any atom is -0.378 e. The maximum Gasteiger partial charge on any atom is 0.292 e. The fraction of sp³-hybridized carbons (Fsp3) is 0.571. The average Bonchev–Trinajstić information content (AvgIpc) is 2.42. The van der Waals surface area contributed by atoms with E-state index in [0.717, 1.165) is 44.8 Å². The second kappa shape index (κ2) is 6.67. The van der Waals surface area contributed by atoms with Gasteiger partial charge in [-0.05, 0) is 19.5 Å². The second-order valence-electron chi connectivity index (χ2n) is 5.30. The van der Waals surface area contributed by atoms with Gasteiger partial charge in [0.1, 0.15) is 5.69 Å². The third-order valence-electron chi connectivity index (χ3n) is 3.77. The summed E-state index contributed by atoms with van der Waals surface area (Å²) >= 11 is 0. The van der Waals surface area contributed by atoms with Gasteiger partial charge in [-0.2, -0.15) is 0 Å². The van der Waals surface area contributed by atoms with Crippen molar-refractivity contribution in [1.82, 2.24) is 9.80 Å². The van der Waals surface area contributed by atoms with E-state index in [1.165, 1.54) is 0 Å². The van der Waals surface area contributed by atoms with Crippen LogP contribution in [0.4, 0.5) is 11.4 Å². The van der Waals surface area contributed by atoms with Gasteiger partial charge in [-0.3, -0.25) is 15.0 Å². The number of para-hydroxylation sites is 1. The van der Waals surface area contributed by atoms with Gasteiger partial charge in [0.15, 0.2) is 0 Å². The van der Waals surface area contributed by atoms with Crippen molar-refractivity contribution in [1.29, 1.82) is 0 Å². The molecule has 6 nitrogen and oxygen atoms in total. The van der Waals surface area contributed by atoms with Gasteiger partial charge in [-0.1, -0.05) is 12.1 Å². The molecule has 110 valence electrons. The molecule has 1 N–H and O–H groups in total. The van der Waals surface area contributed by atoms with E-state index in [0.29, 0.717) is 5.69 Å². The summed E-state index contributed by atoms with van der Waals surface area (Å²) < 4.78 is 0. The molecule has 0 spiro atoms. The summed E-state index contributed by atoms with van der Waals surface area (Å²) in [6.45, 7) is 7.84. The predicted molar refractivity (Wildman–Crippen MR) is 80.3 cm³/mol. The van der Waals surface area contributed by atoms with E-state index in [9.17, 15) is 10.1 Å². The van der Waals surface area contributed by atoms with Gasteiger partial charge in [0, 0.05) is 45.3 Å². The molecule has 1 saturated heterocycles. The van der Waals surface area contributed by atoms with Crippen LogP contribution >= 0.6 is 0 Å². The van der Waals surface area contributed by atoms with Crippen LogP contribution in [0.3, 0.4) is 0 Å². The standard InChI is InChI=1S/C14H22N4O2/c1-12-4-3-5-13(18(19)20)14(12)15-6-7-17-10-8-16(2)9-11-17/h3-5,15H,6-11H2,1-2H3. The lowest BCUT2D eigenvalue weighted by atomic mass is 10.1. The normalized spacial score (nSPS) is 17.1. The molecule has 1 fully saturated rings. The van der Waals surface area contributed by atoms with Gasteiger partial charge in [0.05, 0.1) is 4.92 Å². The van der Waals surface area contributed by atoms with Gasteiger partial charge in [-0.25, -0.2) is 0 Å². The zero-order valence-electron chi connectivity index (χ0n) is 12.1. The number of hydrogen-bond donors (Lipinski definition) is 1. The second-order valence-corrected chi connectivity index (χ2v) is 5.30. The van der Waals surface area contributed by atoms with E-state index >= 15 is 0 Å². The molecule has 0 saturated carbocycles. The number of benzene rings is 1. The summed E-state index contributed by atoms with van der Waals surface area (Å²) in [7, 11) is 2.13. The first kappa shape index (κ1) is 14.7. The van der Waals surface area contributed by atoms with Crippen LogP contribution in [0.15, 0.2) is 18.2 Å². The van der Waals surface area contributed by atoms with Crippen LogP contribution in [0.1, 0.15) is 5.56 Å². The van der Waals surface area contributed by atoms with Crippen molar-refractivity contribution >= 4 is 11.4 Å². The quantitative estimate of drug-likeness (QED) is 0.654. The summed E-state index contributed by atoms with van der Waals surface area (Å²) in [6.07, 6.45) is 0. The molecular weight excluding hydrogens is 256 g/mol. The zero-order valence-corrected chi connectivity index (χ0v) is 12.1. The van der Waals surface area contributed by atoms with Crippen molar-refractivity contribution in [3.8, 4) is 0 Å². The molecule has 1 aliphatic rings. The average molecular weight is 278 g/mol. The third kappa shape index (κ3) is 3.68. The lowest BCUT2D eigenvalue weighted by Crippen LogP contribution is -2.45. The highest BCUT2D eigenvalue weighted by Crippen LogP contribution is 2.27. The largest absolute Gasteiger partial charge is 0.378 e. The van der Waals surface area contributed by atoms with Crippen molar-refractivity contribution in [2.75, 3.05) is 51.6 Å². The van der Waals surface area contributed by atoms with Gasteiger partial charge in [-0.15, -0.1) is 0 Å². The summed E-state index contributed by atoms with van der Waals surface area (Å²) in [5.74, 6) is 0. The van der Waals surface area contributed by atoms with Gasteiger partial charge < -0.3 is 10.2 Å². The molecule has 1 aromatic carbocycles. The molecule has 1 aliphatic heterocycles. The number of likely N-dealkylation sites (N-methyl/N-ethyl adjacent to an activating group) is 1. The molecule has 0 aliphatic carbocycles. The molecule has 0 unspecified atom stereocenters. The predicted octanol–water partition coefficient (Wildman–Crippen LogP) is 1.56. The van der Waals surface area contributed by atoms with Gasteiger partial charge in [0.25, 0.3) is 5.69 Å². The number of hydrogen-bond acceptors (Lipinski definition) is 5. The SMILES string of the molecule is Cc1cccc([N+](=O)[O-])c1NCCN1CCN(C)CC1. The van der Waals surface area contributed by atoms with E-state index in [2.05, 4.69) is 22.2 Å². The highest BCUT2D eigenvalue weighted by Gasteiger charge is 2.16. The molecule has 20 heavy (non-hydrogen) atoms. The third-order valence-corrected chi connectivity index (χ3v) is 3.77. The lowest BCUT2D eigenvalue weighted by molar-refractivity contribution is -0.384. The minimum atomic E-state index is -0.328. The van der Waals surface area contributed by atoms with Crippen LogP contribution in [0.5, 0.6) is 0 Å². The number of nitro benzene ring substituents is 1. The number of nitrogens with zero attached hydrogens (tertiary/aromatic N) is 3. The van der Waals surface area contributed by atoms with Crippen molar-refractivity contribution in [2.24, 2.45) is 0 Å². The first-order valence-electron chi connectivity index (χ1n) is 6.96. The number of nitrogens with one attached hydrogen (secondary N) is 1. The number of nitro groups is 1. The Kier molecular flexibility index (Phi) is 4.92. The molecular formula is C14H22N4O2. The van der Waals surface area contributed by atoms with Crippen LogP contribution in [0.2, 0.25) is 0 Å². The van der Waals surface area contributed by atoms with E-state index in [4.69, 9.17) is 0 Å². The Morgan fingerprint density at radius 2 is 2.00 bits per heavy atom. The Bertz CT molecular complexity index is 470. The molecule has 1 heterocycles. The van der Waals surface area contributed by atoms with Crippen LogP contribution in [-0.2, 0) is 0 Å². The topological polar surface area (TPSA) is 61.7 Å². The van der Waals surface area contributed by atoms with Crippen LogP contribution in [0, 0.1) is 17.0 Å². The maximum atomic E-state index is 11.0. The first-order chi connectivity index (χ1) is 9.58. The molecule has 0 bridgehead atoms. The Labute approximate surface area is 119 Å². The van der Waals surface area contributed by atoms with Crippen molar-refractivity contribution < 1.29 is 4.92 Å². The number of anilines is 1. The van der Waals surface area contributed by atoms with Crippen molar-refractivity contribution in [3.63, 3.8) is 0 Å². The highest BCUT2D eigenvalue weighted by molar-refractivity contribution is 5.65. The Hall–Kier alpha value is -1.66. The van der Waals surface area contributed by atoms with Crippen molar-refractivity contribution in [2.45, 2.75) is 6.92 Å². The van der Waals surface area contributed by atoms with Crippen LogP contribution < -0.4 is 5.32 Å². The zero-order chi connectivity index (χ0) is 14.5. The van der Waals surface area contributed by atoms with E-state index in [1.54, 1.807) is 12.1 Å². The maximum absolute atomic E-state index is 11.0. The fourth-order valence-electron chi connectivity index (χ4n) is 2.44. The summed E-state index contributed by atoms with van der Waals surface area (Å²) in [5, 5.41) is 14.2. The molecule has 0 atom stereocenters. The summed E-state index contributed by atoms with van der Waals surface area (Å²) in [4.78, 5) is 15.4. The minimum absolute atomic E-state index is 0.156. The van der Waals surface area contributed by atoms with Crippen molar-refractivity contribution in [3.05, 3.63) is 33.9 Å². The summed E-state index contributed by atoms with van der Waals surface area (Å²) in [5.41, 5.74) is 1.72. The van der Waals surface area contributed by atoms with Gasteiger partial charge in [0.2, 0.25) is 0 Å². The number of piperazine rings is 1. The highest BCUT2D eigenvalue weighted by atomic mass is 16.6. The fourth-order valence-corrected chi connectivity index (χ4v) is 2.44. The van der Waals surface area contributed by atoms with Gasteiger partial charge >= 0.3 is 0 Å². The van der Waals surface area contributed by atoms with Crippen LogP contribution in [-0.4, -0.2) is 61.0 Å². The Morgan fingerprint density at radius 3 is 2.65 bits per heavy atom. The van der Waals surface area contributed by atoms with E-state index in [-0.39, 0.29) is 10.6 Å². The van der Waals surface area contributed by atoms with E-state index < -0.39 is 0 Å². The summed E-state index contributed by atoms with van der Waals surface area (Å²) in [6, 6.07) is 5.16. The molecule has 0 aromatic heterocycles. The molecule has 6 heteroatoms. The smallest absolute Gasteiger partial charge is 0.292 e. The van der Waals surface area contributed by atoms with Crippen LogP contribution in [0.25, 0.3) is 0 Å². The molecule has 0 radical (unpaired) electrons. The number of rotatable bonds is 5. The number of aryl methyl sites for hydroxylation is 1. The van der Waals surface area contributed by atoms with E-state index in [1.807, 2.05) is 13.0 Å².